The van der Waals surface area contributed by atoms with E-state index in [0.717, 1.165) is 23.2 Å². The second-order valence-corrected chi connectivity index (χ2v) is 9.39. The van der Waals surface area contributed by atoms with Crippen LogP contribution in [0.2, 0.25) is 0 Å². The van der Waals surface area contributed by atoms with Gasteiger partial charge in [0.1, 0.15) is 5.75 Å². The Morgan fingerprint density at radius 3 is 1.40 bits per heavy atom. The molecule has 0 atom stereocenters. The van der Waals surface area contributed by atoms with Crippen LogP contribution in [-0.4, -0.2) is 6.61 Å². The van der Waals surface area contributed by atoms with E-state index in [9.17, 15) is 0 Å². The number of benzene rings is 2. The van der Waals surface area contributed by atoms with Crippen LogP contribution < -0.4 is 4.74 Å². The Morgan fingerprint density at radius 1 is 0.533 bits per heavy atom. The summed E-state index contributed by atoms with van der Waals surface area (Å²) in [7, 11) is 0. The van der Waals surface area contributed by atoms with Gasteiger partial charge in [0, 0.05) is 4.47 Å². The molecular weight excluding hydrogens is 432 g/mol. The van der Waals surface area contributed by atoms with Crippen LogP contribution in [0.15, 0.2) is 53.0 Å². The summed E-state index contributed by atoms with van der Waals surface area (Å²) >= 11 is 3.49. The molecule has 2 aromatic carbocycles. The number of ether oxygens (including phenoxy) is 1. The molecule has 2 aromatic rings. The molecule has 0 fully saturated rings. The molecule has 0 saturated carbocycles. The maximum absolute atomic E-state index is 5.92. The fourth-order valence-electron chi connectivity index (χ4n) is 3.87. The van der Waals surface area contributed by atoms with Crippen molar-refractivity contribution in [3.63, 3.8) is 0 Å². The summed E-state index contributed by atoms with van der Waals surface area (Å²) in [6.07, 6.45) is 19.5. The maximum atomic E-state index is 5.92. The van der Waals surface area contributed by atoms with Crippen LogP contribution >= 0.6 is 15.9 Å². The summed E-state index contributed by atoms with van der Waals surface area (Å²) in [5.74, 6) is 0.977. The third-order valence-electron chi connectivity index (χ3n) is 5.80. The van der Waals surface area contributed by atoms with Crippen LogP contribution in [0.25, 0.3) is 11.1 Å². The third-order valence-corrected chi connectivity index (χ3v) is 6.33. The van der Waals surface area contributed by atoms with Gasteiger partial charge in [0.15, 0.2) is 0 Å². The van der Waals surface area contributed by atoms with Crippen molar-refractivity contribution in [2.24, 2.45) is 0 Å². The molecule has 0 heterocycles. The largest absolute Gasteiger partial charge is 0.494 e. The van der Waals surface area contributed by atoms with Crippen molar-refractivity contribution in [3.05, 3.63) is 53.0 Å². The molecule has 0 bridgehead atoms. The summed E-state index contributed by atoms with van der Waals surface area (Å²) in [6, 6.07) is 16.9. The minimum atomic E-state index is 0.829. The summed E-state index contributed by atoms with van der Waals surface area (Å²) < 4.78 is 7.03. The summed E-state index contributed by atoms with van der Waals surface area (Å²) in [6.45, 7) is 3.12. The Balaban J connectivity index is 1.41. The van der Waals surface area contributed by atoms with E-state index in [1.165, 1.54) is 94.6 Å². The van der Waals surface area contributed by atoms with Gasteiger partial charge in [-0.1, -0.05) is 131 Å². The predicted octanol–water partition coefficient (Wildman–Crippen LogP) is 9.98. The fourth-order valence-corrected chi connectivity index (χ4v) is 4.14. The van der Waals surface area contributed by atoms with Crippen molar-refractivity contribution in [2.75, 3.05) is 6.61 Å². The highest BCUT2D eigenvalue weighted by Crippen LogP contribution is 2.24. The molecule has 2 heteroatoms. The number of unbranched alkanes of at least 4 members (excludes halogenated alkanes) is 13. The lowest BCUT2D eigenvalue weighted by Crippen LogP contribution is -1.97. The zero-order valence-electron chi connectivity index (χ0n) is 19.0. The monoisotopic (exact) mass is 472 g/mol. The molecule has 2 rings (SSSR count). The summed E-state index contributed by atoms with van der Waals surface area (Å²) in [4.78, 5) is 0. The molecule has 0 N–H and O–H groups in total. The quantitative estimate of drug-likeness (QED) is 0.208. The van der Waals surface area contributed by atoms with Gasteiger partial charge in [0.05, 0.1) is 6.61 Å². The third kappa shape index (κ3) is 11.2. The first-order valence-electron chi connectivity index (χ1n) is 12.3. The predicted molar refractivity (Wildman–Crippen MR) is 135 cm³/mol. The molecule has 1 nitrogen and oxygen atoms in total. The molecule has 0 amide bonds. The van der Waals surface area contributed by atoms with Crippen LogP contribution in [0.5, 0.6) is 5.75 Å². The van der Waals surface area contributed by atoms with Gasteiger partial charge in [-0.05, 0) is 41.8 Å². The van der Waals surface area contributed by atoms with E-state index in [4.69, 9.17) is 4.74 Å². The van der Waals surface area contributed by atoms with E-state index in [0.29, 0.717) is 0 Å². The first kappa shape index (κ1) is 25.0. The van der Waals surface area contributed by atoms with E-state index < -0.39 is 0 Å². The van der Waals surface area contributed by atoms with E-state index >= 15 is 0 Å². The molecule has 30 heavy (non-hydrogen) atoms. The topological polar surface area (TPSA) is 9.23 Å². The molecule has 0 radical (unpaired) electrons. The lowest BCUT2D eigenvalue weighted by atomic mass is 10.0. The minimum absolute atomic E-state index is 0.829. The van der Waals surface area contributed by atoms with E-state index in [1.807, 2.05) is 0 Å². The van der Waals surface area contributed by atoms with Gasteiger partial charge in [-0.25, -0.2) is 0 Å². The number of hydrogen-bond donors (Lipinski definition) is 0. The molecule has 0 spiro atoms. The smallest absolute Gasteiger partial charge is 0.119 e. The molecule has 0 aliphatic rings. The van der Waals surface area contributed by atoms with Gasteiger partial charge in [0.25, 0.3) is 0 Å². The average molecular weight is 474 g/mol. The zero-order valence-corrected chi connectivity index (χ0v) is 20.6. The average Bonchev–Trinajstić information content (AvgIpc) is 2.77. The Kier molecular flexibility index (Phi) is 13.7. The van der Waals surface area contributed by atoms with E-state index in [2.05, 4.69) is 71.4 Å². The second-order valence-electron chi connectivity index (χ2n) is 8.48. The summed E-state index contributed by atoms with van der Waals surface area (Å²) in [5, 5.41) is 0. The highest BCUT2D eigenvalue weighted by Gasteiger charge is 2.00. The van der Waals surface area contributed by atoms with Crippen molar-refractivity contribution >= 4 is 15.9 Å². The number of rotatable bonds is 17. The first-order valence-corrected chi connectivity index (χ1v) is 13.1. The van der Waals surface area contributed by atoms with E-state index in [-0.39, 0.29) is 0 Å². The first-order chi connectivity index (χ1) is 14.8. The lowest BCUT2D eigenvalue weighted by Gasteiger charge is -2.08. The van der Waals surface area contributed by atoms with Crippen molar-refractivity contribution in [2.45, 2.75) is 96.8 Å². The van der Waals surface area contributed by atoms with Crippen molar-refractivity contribution in [1.29, 1.82) is 0 Å². The van der Waals surface area contributed by atoms with Crippen molar-refractivity contribution < 1.29 is 4.74 Å². The molecule has 166 valence electrons. The number of hydrogen-bond acceptors (Lipinski definition) is 1. The van der Waals surface area contributed by atoms with Gasteiger partial charge >= 0.3 is 0 Å². The Bertz CT molecular complexity index is 647. The van der Waals surface area contributed by atoms with Crippen LogP contribution in [0.3, 0.4) is 0 Å². The van der Waals surface area contributed by atoms with Gasteiger partial charge in [-0.3, -0.25) is 0 Å². The van der Waals surface area contributed by atoms with Crippen LogP contribution in [0.1, 0.15) is 96.8 Å². The standard InChI is InChI=1S/C28H41BrO/c1-2-3-4-5-6-7-8-9-10-11-12-13-14-15-24-30-28-22-18-26(19-23-28)25-16-20-27(29)21-17-25/h16-23H,2-15,24H2,1H3. The fraction of sp³-hybridized carbons (Fsp3) is 0.571. The summed E-state index contributed by atoms with van der Waals surface area (Å²) in [5.41, 5.74) is 2.46. The van der Waals surface area contributed by atoms with Crippen molar-refractivity contribution in [3.8, 4) is 16.9 Å². The molecule has 0 aromatic heterocycles. The van der Waals surface area contributed by atoms with Gasteiger partial charge < -0.3 is 4.74 Å². The van der Waals surface area contributed by atoms with Gasteiger partial charge in [0.2, 0.25) is 0 Å². The highest BCUT2D eigenvalue weighted by atomic mass is 79.9. The van der Waals surface area contributed by atoms with Crippen LogP contribution in [-0.2, 0) is 0 Å². The Morgan fingerprint density at radius 2 is 0.933 bits per heavy atom. The van der Waals surface area contributed by atoms with Gasteiger partial charge in [-0.15, -0.1) is 0 Å². The Labute approximate surface area is 193 Å². The lowest BCUT2D eigenvalue weighted by molar-refractivity contribution is 0.304. The van der Waals surface area contributed by atoms with Gasteiger partial charge in [-0.2, -0.15) is 0 Å². The second kappa shape index (κ2) is 16.4. The minimum Gasteiger partial charge on any atom is -0.494 e. The Hall–Kier alpha value is -1.28. The molecule has 0 saturated heterocycles. The SMILES string of the molecule is CCCCCCCCCCCCCCCCOc1ccc(-c2ccc(Br)cc2)cc1. The molecule has 0 aliphatic heterocycles. The molecular formula is C28H41BrO. The molecule has 0 unspecified atom stereocenters. The van der Waals surface area contributed by atoms with E-state index in [1.54, 1.807) is 0 Å². The highest BCUT2D eigenvalue weighted by molar-refractivity contribution is 9.10. The maximum Gasteiger partial charge on any atom is 0.119 e. The van der Waals surface area contributed by atoms with Crippen LogP contribution in [0, 0.1) is 0 Å². The van der Waals surface area contributed by atoms with Crippen LogP contribution in [0.4, 0.5) is 0 Å². The van der Waals surface area contributed by atoms with Crippen molar-refractivity contribution in [1.82, 2.24) is 0 Å². The zero-order chi connectivity index (χ0) is 21.3. The number of halogens is 1. The normalized spacial score (nSPS) is 11.0. The molecule has 0 aliphatic carbocycles.